The Kier molecular flexibility index (Phi) is 12.2. The molecule has 244 valence electrons. The van der Waals surface area contributed by atoms with E-state index in [2.05, 4.69) is 6.92 Å². The topological polar surface area (TPSA) is 0 Å². The predicted octanol–water partition coefficient (Wildman–Crippen LogP) is 13.0. The maximum absolute atomic E-state index is 15.5. The summed E-state index contributed by atoms with van der Waals surface area (Å²) < 4.78 is 71.8. The molecule has 0 heterocycles. The molecule has 44 heavy (non-hydrogen) atoms. The molecule has 0 aliphatic heterocycles. The van der Waals surface area contributed by atoms with Crippen LogP contribution in [-0.4, -0.2) is 0 Å². The zero-order valence-electron chi connectivity index (χ0n) is 26.8. The van der Waals surface area contributed by atoms with Crippen molar-refractivity contribution in [3.8, 4) is 0 Å². The Morgan fingerprint density at radius 3 is 1.39 bits per heavy atom. The third-order valence-corrected chi connectivity index (χ3v) is 11.7. The van der Waals surface area contributed by atoms with Crippen LogP contribution in [0.2, 0.25) is 0 Å². The van der Waals surface area contributed by atoms with E-state index in [1.54, 1.807) is 12.1 Å². The first-order valence-corrected chi connectivity index (χ1v) is 18.0. The van der Waals surface area contributed by atoms with E-state index >= 15 is 8.78 Å². The van der Waals surface area contributed by atoms with Crippen LogP contribution >= 0.6 is 0 Å². The molecular formula is C39H53F5. The minimum absolute atomic E-state index is 0.0500. The molecule has 0 atom stereocenters. The van der Waals surface area contributed by atoms with Crippen molar-refractivity contribution in [2.45, 2.75) is 153 Å². The molecule has 0 aromatic heterocycles. The molecule has 2 aromatic rings. The van der Waals surface area contributed by atoms with Crippen molar-refractivity contribution in [1.29, 1.82) is 0 Å². The molecule has 5 heteroatoms. The molecule has 0 spiro atoms. The fourth-order valence-corrected chi connectivity index (χ4v) is 9.02. The molecule has 0 amide bonds. The van der Waals surface area contributed by atoms with Crippen LogP contribution in [0.25, 0.3) is 0 Å². The molecule has 3 fully saturated rings. The number of hydrogen-bond donors (Lipinski definition) is 0. The second-order valence-electron chi connectivity index (χ2n) is 14.5. The van der Waals surface area contributed by atoms with Gasteiger partial charge in [-0.1, -0.05) is 58.3 Å². The van der Waals surface area contributed by atoms with Crippen LogP contribution in [0.15, 0.2) is 24.3 Å². The summed E-state index contributed by atoms with van der Waals surface area (Å²) in [4.78, 5) is 0. The van der Waals surface area contributed by atoms with Crippen LogP contribution in [0.4, 0.5) is 22.0 Å². The second-order valence-corrected chi connectivity index (χ2v) is 14.5. The summed E-state index contributed by atoms with van der Waals surface area (Å²) >= 11 is 0. The summed E-state index contributed by atoms with van der Waals surface area (Å²) in [6.07, 6.45) is 22.3. The first-order chi connectivity index (χ1) is 21.3. The van der Waals surface area contributed by atoms with Crippen LogP contribution in [0.3, 0.4) is 0 Å². The molecule has 3 aliphatic carbocycles. The molecule has 0 saturated heterocycles. The summed E-state index contributed by atoms with van der Waals surface area (Å²) in [5.74, 6) is -2.27. The van der Waals surface area contributed by atoms with Crippen LogP contribution in [0.1, 0.15) is 170 Å². The van der Waals surface area contributed by atoms with E-state index in [0.29, 0.717) is 23.0 Å². The summed E-state index contributed by atoms with van der Waals surface area (Å²) in [7, 11) is 0. The molecule has 3 saturated carbocycles. The smallest absolute Gasteiger partial charge is 0.194 e. The van der Waals surface area contributed by atoms with Crippen LogP contribution in [-0.2, 0) is 0 Å². The fourth-order valence-electron chi connectivity index (χ4n) is 9.02. The highest BCUT2D eigenvalue weighted by atomic mass is 19.2. The third-order valence-electron chi connectivity index (χ3n) is 11.7. The van der Waals surface area contributed by atoms with Gasteiger partial charge < -0.3 is 0 Å². The van der Waals surface area contributed by atoms with Gasteiger partial charge in [0.05, 0.1) is 0 Å². The van der Waals surface area contributed by atoms with Gasteiger partial charge in [0.2, 0.25) is 0 Å². The first-order valence-electron chi connectivity index (χ1n) is 18.0. The number of rotatable bonds is 12. The third kappa shape index (κ3) is 8.46. The van der Waals surface area contributed by atoms with Gasteiger partial charge in [0.1, 0.15) is 11.6 Å². The molecular weight excluding hydrogens is 563 g/mol. The molecule has 0 bridgehead atoms. The lowest BCUT2D eigenvalue weighted by Gasteiger charge is -2.38. The molecule has 5 rings (SSSR count). The molecule has 3 aliphatic rings. The fraction of sp³-hybridized carbons (Fsp3) is 0.692. The summed E-state index contributed by atoms with van der Waals surface area (Å²) in [6, 6.07) is 5.58. The van der Waals surface area contributed by atoms with Gasteiger partial charge in [-0.25, -0.2) is 22.0 Å². The van der Waals surface area contributed by atoms with Crippen LogP contribution < -0.4 is 0 Å². The van der Waals surface area contributed by atoms with E-state index in [1.807, 2.05) is 0 Å². The minimum atomic E-state index is -1.40. The van der Waals surface area contributed by atoms with Crippen molar-refractivity contribution >= 4 is 0 Å². The van der Waals surface area contributed by atoms with E-state index in [1.165, 1.54) is 64.2 Å². The van der Waals surface area contributed by atoms with E-state index in [9.17, 15) is 13.2 Å². The predicted molar refractivity (Wildman–Crippen MR) is 169 cm³/mol. The van der Waals surface area contributed by atoms with Crippen LogP contribution in [0, 0.1) is 46.8 Å². The molecule has 0 radical (unpaired) electrons. The Morgan fingerprint density at radius 1 is 0.477 bits per heavy atom. The van der Waals surface area contributed by atoms with Crippen molar-refractivity contribution < 1.29 is 22.0 Å². The molecule has 2 aromatic carbocycles. The van der Waals surface area contributed by atoms with Crippen molar-refractivity contribution in [3.63, 3.8) is 0 Å². The monoisotopic (exact) mass is 616 g/mol. The van der Waals surface area contributed by atoms with Gasteiger partial charge in [-0.05, 0) is 148 Å². The summed E-state index contributed by atoms with van der Waals surface area (Å²) in [5, 5.41) is 0. The first kappa shape index (κ1) is 33.5. The number of hydrogen-bond acceptors (Lipinski definition) is 0. The largest absolute Gasteiger partial charge is 0.207 e. The Labute approximate surface area is 262 Å². The van der Waals surface area contributed by atoms with E-state index in [-0.39, 0.29) is 29.4 Å². The number of unbranched alkanes of at least 4 members (excludes halogenated alkanes) is 6. The summed E-state index contributed by atoms with van der Waals surface area (Å²) in [6.45, 7) is 2.26. The Hall–Kier alpha value is -1.91. The highest BCUT2D eigenvalue weighted by Gasteiger charge is 2.34. The quantitative estimate of drug-likeness (QED) is 0.126. The van der Waals surface area contributed by atoms with E-state index in [4.69, 9.17) is 0 Å². The maximum atomic E-state index is 15.5. The van der Waals surface area contributed by atoms with Gasteiger partial charge in [0.25, 0.3) is 0 Å². The standard InChI is InChI=1S/C39H53F5/c1-2-3-4-5-6-7-8-9-26-10-12-29(13-11-26)32-22-34(40)38(35(41)23-32)31-20-18-28(19-21-31)27-14-16-30(17-15-27)33-24-36(42)39(44)37(43)25-33/h22-31H,2-21H2,1H3. The molecule has 0 nitrogen and oxygen atoms in total. The van der Waals surface area contributed by atoms with Crippen molar-refractivity contribution in [2.75, 3.05) is 0 Å². The van der Waals surface area contributed by atoms with Gasteiger partial charge in [-0.2, -0.15) is 0 Å². The van der Waals surface area contributed by atoms with E-state index < -0.39 is 17.5 Å². The molecule has 0 N–H and O–H groups in total. The van der Waals surface area contributed by atoms with Gasteiger partial charge in [-0.15, -0.1) is 0 Å². The van der Waals surface area contributed by atoms with Crippen molar-refractivity contribution in [2.24, 2.45) is 17.8 Å². The highest BCUT2D eigenvalue weighted by molar-refractivity contribution is 5.32. The minimum Gasteiger partial charge on any atom is -0.207 e. The SMILES string of the molecule is CCCCCCCCCC1CCC(c2cc(F)c(C3CCC(C4CCC(c5cc(F)c(F)c(F)c5)CC4)CC3)c(F)c2)CC1. The maximum Gasteiger partial charge on any atom is 0.194 e. The van der Waals surface area contributed by atoms with Gasteiger partial charge in [-0.3, -0.25) is 0 Å². The molecule has 0 unspecified atom stereocenters. The number of halogens is 5. The highest BCUT2D eigenvalue weighted by Crippen LogP contribution is 2.47. The lowest BCUT2D eigenvalue weighted by Crippen LogP contribution is -2.25. The average molecular weight is 617 g/mol. The van der Waals surface area contributed by atoms with Crippen LogP contribution in [0.5, 0.6) is 0 Å². The second kappa shape index (κ2) is 16.1. The lowest BCUT2D eigenvalue weighted by atomic mass is 9.67. The Bertz CT molecular complexity index is 1140. The Balaban J connectivity index is 1.06. The number of benzene rings is 2. The zero-order valence-corrected chi connectivity index (χ0v) is 26.8. The normalized spacial score (nSPS) is 27.9. The van der Waals surface area contributed by atoms with Gasteiger partial charge in [0.15, 0.2) is 17.5 Å². The average Bonchev–Trinajstić information content (AvgIpc) is 3.03. The van der Waals surface area contributed by atoms with Crippen molar-refractivity contribution in [3.05, 3.63) is 70.0 Å². The van der Waals surface area contributed by atoms with Gasteiger partial charge >= 0.3 is 0 Å². The van der Waals surface area contributed by atoms with E-state index in [0.717, 1.165) is 87.8 Å². The summed E-state index contributed by atoms with van der Waals surface area (Å²) in [5.41, 5.74) is 1.70. The Morgan fingerprint density at radius 2 is 0.886 bits per heavy atom. The lowest BCUT2D eigenvalue weighted by molar-refractivity contribution is 0.175. The zero-order chi connectivity index (χ0) is 31.1. The van der Waals surface area contributed by atoms with Crippen molar-refractivity contribution in [1.82, 2.24) is 0 Å². The van der Waals surface area contributed by atoms with Gasteiger partial charge in [0, 0.05) is 5.56 Å².